The molecular weight excluding hydrogens is 351 g/mol. The van der Waals surface area contributed by atoms with E-state index in [9.17, 15) is 21.6 Å². The predicted octanol–water partition coefficient (Wildman–Crippen LogP) is 1.05. The summed E-state index contributed by atoms with van der Waals surface area (Å²) in [5.41, 5.74) is 0. The molecule has 1 aliphatic heterocycles. The normalized spacial score (nSPS) is 18.9. The molecular formula is C13H20F3N3O2S2. The molecule has 23 heavy (non-hydrogen) atoms. The number of nitrogens with zero attached hydrogens (tertiary/aromatic N) is 1. The second kappa shape index (κ2) is 7.93. The van der Waals surface area contributed by atoms with Crippen LogP contribution in [0, 0.1) is 0 Å². The fraction of sp³-hybridized carbons (Fsp3) is 0.692. The highest BCUT2D eigenvalue weighted by molar-refractivity contribution is 7.89. The molecule has 2 rings (SSSR count). The summed E-state index contributed by atoms with van der Waals surface area (Å²) in [6.07, 6.45) is -4.16. The minimum absolute atomic E-state index is 0.209. The summed E-state index contributed by atoms with van der Waals surface area (Å²) >= 11 is 1.43. The highest BCUT2D eigenvalue weighted by atomic mass is 32.2. The number of alkyl halides is 3. The number of hydrogen-bond donors (Lipinski definition) is 2. The van der Waals surface area contributed by atoms with Gasteiger partial charge < -0.3 is 5.32 Å². The van der Waals surface area contributed by atoms with E-state index in [-0.39, 0.29) is 18.8 Å². The molecule has 0 saturated carbocycles. The number of aryl methyl sites for hydroxylation is 1. The lowest BCUT2D eigenvalue weighted by Gasteiger charge is -2.35. The Bertz CT molecular complexity index is 570. The second-order valence-corrected chi connectivity index (χ2v) is 8.30. The maximum Gasteiger partial charge on any atom is 0.405 e. The van der Waals surface area contributed by atoms with Gasteiger partial charge in [0.1, 0.15) is 6.04 Å². The summed E-state index contributed by atoms with van der Waals surface area (Å²) in [6, 6.07) is 1.82. The number of rotatable bonds is 7. The Hall–Kier alpha value is -0.680. The van der Waals surface area contributed by atoms with Crippen LogP contribution in [0.4, 0.5) is 13.2 Å². The molecule has 1 saturated heterocycles. The predicted molar refractivity (Wildman–Crippen MR) is 84.1 cm³/mol. The summed E-state index contributed by atoms with van der Waals surface area (Å²) in [6.45, 7) is 0.799. The molecule has 1 aromatic rings. The first kappa shape index (κ1) is 18.7. The van der Waals surface area contributed by atoms with Gasteiger partial charge in [-0.15, -0.1) is 11.3 Å². The average Bonchev–Trinajstić information content (AvgIpc) is 2.98. The van der Waals surface area contributed by atoms with Gasteiger partial charge in [-0.05, 0) is 17.9 Å². The van der Waals surface area contributed by atoms with Crippen LogP contribution in [0.3, 0.4) is 0 Å². The summed E-state index contributed by atoms with van der Waals surface area (Å²) in [4.78, 5) is 2.17. The lowest BCUT2D eigenvalue weighted by atomic mass is 10.2. The molecule has 0 aliphatic carbocycles. The van der Waals surface area contributed by atoms with Gasteiger partial charge >= 0.3 is 6.18 Å². The maximum atomic E-state index is 13.2. The summed E-state index contributed by atoms with van der Waals surface area (Å²) in [7, 11) is -3.74. The van der Waals surface area contributed by atoms with Crippen molar-refractivity contribution in [3.8, 4) is 0 Å². The van der Waals surface area contributed by atoms with Crippen molar-refractivity contribution in [3.63, 3.8) is 0 Å². The van der Waals surface area contributed by atoms with Gasteiger partial charge in [0.25, 0.3) is 0 Å². The molecule has 0 spiro atoms. The van der Waals surface area contributed by atoms with Crippen LogP contribution in [0.2, 0.25) is 0 Å². The number of thiophene rings is 1. The number of sulfonamides is 1. The smallest absolute Gasteiger partial charge is 0.314 e. The van der Waals surface area contributed by atoms with Crippen LogP contribution < -0.4 is 10.0 Å². The summed E-state index contributed by atoms with van der Waals surface area (Å²) in [5.74, 6) is -0.209. The molecule has 10 heteroatoms. The lowest BCUT2D eigenvalue weighted by molar-refractivity contribution is -0.182. The van der Waals surface area contributed by atoms with Gasteiger partial charge in [0.15, 0.2) is 0 Å². The Morgan fingerprint density at radius 2 is 2.04 bits per heavy atom. The third kappa shape index (κ3) is 6.03. The molecule has 1 fully saturated rings. The number of piperazine rings is 1. The molecule has 1 aliphatic rings. The highest BCUT2D eigenvalue weighted by Gasteiger charge is 2.44. The van der Waals surface area contributed by atoms with Gasteiger partial charge in [-0.25, -0.2) is 13.1 Å². The Kier molecular flexibility index (Phi) is 6.43. The van der Waals surface area contributed by atoms with Crippen molar-refractivity contribution in [2.45, 2.75) is 18.6 Å². The van der Waals surface area contributed by atoms with Crippen molar-refractivity contribution < 1.29 is 21.6 Å². The van der Waals surface area contributed by atoms with Gasteiger partial charge in [0.05, 0.1) is 5.75 Å². The quantitative estimate of drug-likeness (QED) is 0.752. The summed E-state index contributed by atoms with van der Waals surface area (Å²) in [5, 5.41) is 4.82. The largest absolute Gasteiger partial charge is 0.405 e. The SMILES string of the molecule is O=S(=O)(CCc1cccs1)NCC(N1CCNCC1)C(F)(F)F. The minimum atomic E-state index is -4.46. The van der Waals surface area contributed by atoms with Crippen molar-refractivity contribution >= 4 is 21.4 Å². The van der Waals surface area contributed by atoms with Crippen LogP contribution in [0.1, 0.15) is 4.88 Å². The van der Waals surface area contributed by atoms with E-state index in [2.05, 4.69) is 10.0 Å². The van der Waals surface area contributed by atoms with E-state index in [1.165, 1.54) is 16.2 Å². The van der Waals surface area contributed by atoms with Gasteiger partial charge in [0.2, 0.25) is 10.0 Å². The number of nitrogens with one attached hydrogen (secondary N) is 2. The Morgan fingerprint density at radius 3 is 2.61 bits per heavy atom. The van der Waals surface area contributed by atoms with Gasteiger partial charge in [-0.1, -0.05) is 6.07 Å². The third-order valence-electron chi connectivity index (χ3n) is 3.66. The van der Waals surface area contributed by atoms with Crippen LogP contribution in [-0.4, -0.2) is 64.0 Å². The van der Waals surface area contributed by atoms with E-state index in [4.69, 9.17) is 0 Å². The van der Waals surface area contributed by atoms with Crippen molar-refractivity contribution in [2.24, 2.45) is 0 Å². The molecule has 0 radical (unpaired) electrons. The zero-order valence-corrected chi connectivity index (χ0v) is 14.1. The lowest BCUT2D eigenvalue weighted by Crippen LogP contribution is -2.57. The fourth-order valence-corrected chi connectivity index (χ4v) is 4.30. The van der Waals surface area contributed by atoms with Crippen molar-refractivity contribution in [1.82, 2.24) is 14.9 Å². The van der Waals surface area contributed by atoms with E-state index in [1.54, 1.807) is 6.07 Å². The average molecular weight is 371 g/mol. The van der Waals surface area contributed by atoms with Crippen LogP contribution in [-0.2, 0) is 16.4 Å². The van der Waals surface area contributed by atoms with Crippen LogP contribution in [0.25, 0.3) is 0 Å². The zero-order chi connectivity index (χ0) is 16.9. The van der Waals surface area contributed by atoms with Crippen molar-refractivity contribution in [3.05, 3.63) is 22.4 Å². The topological polar surface area (TPSA) is 61.4 Å². The third-order valence-corrected chi connectivity index (χ3v) is 5.95. The Morgan fingerprint density at radius 1 is 1.35 bits per heavy atom. The molecule has 1 aromatic heterocycles. The molecule has 1 unspecified atom stereocenters. The van der Waals surface area contributed by atoms with Crippen LogP contribution >= 0.6 is 11.3 Å². The molecule has 5 nitrogen and oxygen atoms in total. The maximum absolute atomic E-state index is 13.2. The fourth-order valence-electron chi connectivity index (χ4n) is 2.41. The molecule has 0 amide bonds. The van der Waals surface area contributed by atoms with E-state index in [1.807, 2.05) is 11.4 Å². The van der Waals surface area contributed by atoms with E-state index in [0.29, 0.717) is 19.5 Å². The first-order valence-electron chi connectivity index (χ1n) is 7.29. The molecule has 132 valence electrons. The molecule has 0 bridgehead atoms. The Balaban J connectivity index is 1.91. The van der Waals surface area contributed by atoms with Crippen molar-refractivity contribution in [2.75, 3.05) is 38.5 Å². The standard InChI is InChI=1S/C13H20F3N3O2S2/c14-13(15,16)12(19-6-4-17-5-7-19)10-18-23(20,21)9-3-11-2-1-8-22-11/h1-2,8,12,17-18H,3-7,9-10H2. The number of halogens is 3. The molecule has 1 atom stereocenters. The summed E-state index contributed by atoms with van der Waals surface area (Å²) < 4.78 is 65.6. The Labute approximate surface area is 137 Å². The van der Waals surface area contributed by atoms with Gasteiger partial charge in [0, 0.05) is 37.6 Å². The molecule has 0 aromatic carbocycles. The monoisotopic (exact) mass is 371 g/mol. The van der Waals surface area contributed by atoms with E-state index in [0.717, 1.165) is 4.88 Å². The van der Waals surface area contributed by atoms with Crippen LogP contribution in [0.15, 0.2) is 17.5 Å². The van der Waals surface area contributed by atoms with E-state index < -0.39 is 28.8 Å². The van der Waals surface area contributed by atoms with Gasteiger partial charge in [-0.2, -0.15) is 13.2 Å². The van der Waals surface area contributed by atoms with E-state index >= 15 is 0 Å². The zero-order valence-electron chi connectivity index (χ0n) is 12.5. The first-order valence-corrected chi connectivity index (χ1v) is 9.82. The molecule has 2 heterocycles. The molecule has 2 N–H and O–H groups in total. The highest BCUT2D eigenvalue weighted by Crippen LogP contribution is 2.25. The minimum Gasteiger partial charge on any atom is -0.314 e. The van der Waals surface area contributed by atoms with Crippen molar-refractivity contribution in [1.29, 1.82) is 0 Å². The second-order valence-electron chi connectivity index (χ2n) is 5.34. The van der Waals surface area contributed by atoms with Crippen LogP contribution in [0.5, 0.6) is 0 Å². The first-order chi connectivity index (χ1) is 10.8. The number of hydrogen-bond acceptors (Lipinski definition) is 5. The van der Waals surface area contributed by atoms with Gasteiger partial charge in [-0.3, -0.25) is 4.90 Å².